The molecular formula is C17H15IN4O2. The second kappa shape index (κ2) is 6.48. The van der Waals surface area contributed by atoms with Crippen LogP contribution < -0.4 is 5.56 Å². The Balaban J connectivity index is 1.59. The van der Waals surface area contributed by atoms with E-state index in [0.717, 1.165) is 39.3 Å². The zero-order valence-corrected chi connectivity index (χ0v) is 15.0. The van der Waals surface area contributed by atoms with Crippen molar-refractivity contribution in [3.63, 3.8) is 0 Å². The molecule has 0 radical (unpaired) electrons. The van der Waals surface area contributed by atoms with Crippen molar-refractivity contribution in [3.05, 3.63) is 67.8 Å². The molecule has 3 aromatic rings. The number of hydrogen-bond donors (Lipinski definition) is 1. The molecule has 1 aliphatic heterocycles. The van der Waals surface area contributed by atoms with Gasteiger partial charge in [-0.3, -0.25) is 14.7 Å². The molecule has 1 N–H and O–H groups in total. The van der Waals surface area contributed by atoms with Crippen LogP contribution in [0.1, 0.15) is 17.0 Å². The fourth-order valence-electron chi connectivity index (χ4n) is 2.91. The van der Waals surface area contributed by atoms with Crippen LogP contribution in [-0.4, -0.2) is 26.4 Å². The summed E-state index contributed by atoms with van der Waals surface area (Å²) >= 11 is 2.15. The third kappa shape index (κ3) is 3.13. The van der Waals surface area contributed by atoms with Crippen molar-refractivity contribution in [1.82, 2.24) is 19.9 Å². The average molecular weight is 434 g/mol. The molecule has 0 aromatic carbocycles. The molecular weight excluding hydrogens is 419 g/mol. The largest absolute Gasteiger partial charge is 0.454 e. The Labute approximate surface area is 152 Å². The standard InChI is InChI=1S/C17H15IN4O2/c18-15-4-3-12(24-15)9-22-7-5-14-13(10-22)17(23)21-16(20-14)11-2-1-6-19-8-11/h1-4,6,8H,5,7,9-10H2,(H,20,21,23). The number of hydrogen-bond acceptors (Lipinski definition) is 5. The Hall–Kier alpha value is -2.00. The summed E-state index contributed by atoms with van der Waals surface area (Å²) in [5.41, 5.74) is 2.38. The molecule has 0 atom stereocenters. The van der Waals surface area contributed by atoms with Crippen molar-refractivity contribution in [1.29, 1.82) is 0 Å². The zero-order chi connectivity index (χ0) is 16.5. The number of nitrogens with zero attached hydrogens (tertiary/aromatic N) is 3. The molecule has 4 heterocycles. The van der Waals surface area contributed by atoms with Gasteiger partial charge in [0.1, 0.15) is 11.6 Å². The first-order valence-corrected chi connectivity index (χ1v) is 8.76. The van der Waals surface area contributed by atoms with Crippen LogP contribution in [-0.2, 0) is 19.5 Å². The molecule has 0 spiro atoms. The van der Waals surface area contributed by atoms with Gasteiger partial charge in [-0.25, -0.2) is 4.98 Å². The molecule has 24 heavy (non-hydrogen) atoms. The first kappa shape index (κ1) is 15.5. The molecule has 0 unspecified atom stereocenters. The average Bonchev–Trinajstić information content (AvgIpc) is 3.01. The van der Waals surface area contributed by atoms with E-state index in [9.17, 15) is 4.79 Å². The van der Waals surface area contributed by atoms with Crippen LogP contribution in [0.15, 0.2) is 45.9 Å². The minimum Gasteiger partial charge on any atom is -0.454 e. The number of nitrogens with one attached hydrogen (secondary N) is 1. The fraction of sp³-hybridized carbons (Fsp3) is 0.235. The minimum atomic E-state index is -0.0717. The van der Waals surface area contributed by atoms with Gasteiger partial charge in [-0.2, -0.15) is 0 Å². The Kier molecular flexibility index (Phi) is 4.19. The lowest BCUT2D eigenvalue weighted by Gasteiger charge is -2.26. The lowest BCUT2D eigenvalue weighted by atomic mass is 10.1. The van der Waals surface area contributed by atoms with E-state index in [1.807, 2.05) is 24.3 Å². The number of H-pyrrole nitrogens is 1. The molecule has 7 heteroatoms. The molecule has 0 fully saturated rings. The number of furan rings is 1. The maximum Gasteiger partial charge on any atom is 0.255 e. The topological polar surface area (TPSA) is 75.0 Å². The first-order valence-electron chi connectivity index (χ1n) is 7.68. The molecule has 4 rings (SSSR count). The second-order valence-electron chi connectivity index (χ2n) is 5.75. The van der Waals surface area contributed by atoms with Crippen LogP contribution in [0.3, 0.4) is 0 Å². The molecule has 1 aliphatic rings. The summed E-state index contributed by atoms with van der Waals surface area (Å²) in [6, 6.07) is 7.65. The van der Waals surface area contributed by atoms with Crippen LogP contribution in [0, 0.1) is 3.77 Å². The van der Waals surface area contributed by atoms with E-state index >= 15 is 0 Å². The lowest BCUT2D eigenvalue weighted by molar-refractivity contribution is 0.221. The summed E-state index contributed by atoms with van der Waals surface area (Å²) in [7, 11) is 0. The number of aromatic nitrogens is 3. The molecule has 0 saturated heterocycles. The summed E-state index contributed by atoms with van der Waals surface area (Å²) in [4.78, 5) is 26.3. The summed E-state index contributed by atoms with van der Waals surface area (Å²) in [6.07, 6.45) is 4.16. The van der Waals surface area contributed by atoms with Gasteiger partial charge in [0, 0.05) is 37.5 Å². The van der Waals surface area contributed by atoms with Crippen LogP contribution in [0.4, 0.5) is 0 Å². The Bertz CT molecular complexity index is 920. The molecule has 3 aromatic heterocycles. The highest BCUT2D eigenvalue weighted by Crippen LogP contribution is 2.20. The highest BCUT2D eigenvalue weighted by molar-refractivity contribution is 14.1. The predicted molar refractivity (Wildman–Crippen MR) is 97.3 cm³/mol. The second-order valence-corrected chi connectivity index (χ2v) is 6.81. The predicted octanol–water partition coefficient (Wildman–Crippen LogP) is 2.59. The number of rotatable bonds is 3. The molecule has 0 amide bonds. The Morgan fingerprint density at radius 3 is 3.00 bits per heavy atom. The minimum absolute atomic E-state index is 0.0717. The van der Waals surface area contributed by atoms with Gasteiger partial charge in [-0.15, -0.1) is 0 Å². The van der Waals surface area contributed by atoms with Gasteiger partial charge in [0.25, 0.3) is 5.56 Å². The van der Waals surface area contributed by atoms with Gasteiger partial charge in [0.2, 0.25) is 0 Å². The van der Waals surface area contributed by atoms with Crippen molar-refractivity contribution in [3.8, 4) is 11.4 Å². The van der Waals surface area contributed by atoms with E-state index in [1.54, 1.807) is 12.4 Å². The van der Waals surface area contributed by atoms with Crippen molar-refractivity contribution >= 4 is 22.6 Å². The van der Waals surface area contributed by atoms with E-state index in [2.05, 4.69) is 42.4 Å². The van der Waals surface area contributed by atoms with E-state index in [4.69, 9.17) is 4.42 Å². The smallest absolute Gasteiger partial charge is 0.255 e. The third-order valence-corrected chi connectivity index (χ3v) is 4.67. The number of fused-ring (bicyclic) bond motifs is 1. The SMILES string of the molecule is O=c1[nH]c(-c2cccnc2)nc2c1CN(Cc1ccc(I)o1)CC2. The summed E-state index contributed by atoms with van der Waals surface area (Å²) in [6.45, 7) is 2.14. The van der Waals surface area contributed by atoms with E-state index < -0.39 is 0 Å². The van der Waals surface area contributed by atoms with Crippen molar-refractivity contribution in [2.75, 3.05) is 6.54 Å². The van der Waals surface area contributed by atoms with Crippen molar-refractivity contribution in [2.24, 2.45) is 0 Å². The summed E-state index contributed by atoms with van der Waals surface area (Å²) < 4.78 is 6.49. The fourth-order valence-corrected chi connectivity index (χ4v) is 3.38. The maximum atomic E-state index is 12.5. The lowest BCUT2D eigenvalue weighted by Crippen LogP contribution is -2.35. The quantitative estimate of drug-likeness (QED) is 0.642. The number of pyridine rings is 1. The van der Waals surface area contributed by atoms with E-state index in [0.29, 0.717) is 18.9 Å². The third-order valence-electron chi connectivity index (χ3n) is 4.09. The number of halogens is 1. The maximum absolute atomic E-state index is 12.5. The highest BCUT2D eigenvalue weighted by Gasteiger charge is 2.22. The molecule has 0 saturated carbocycles. The van der Waals surface area contributed by atoms with Gasteiger partial charge in [-0.1, -0.05) is 0 Å². The molecule has 0 aliphatic carbocycles. The zero-order valence-electron chi connectivity index (χ0n) is 12.8. The monoisotopic (exact) mass is 434 g/mol. The van der Waals surface area contributed by atoms with Crippen LogP contribution in [0.5, 0.6) is 0 Å². The van der Waals surface area contributed by atoms with Crippen LogP contribution >= 0.6 is 22.6 Å². The van der Waals surface area contributed by atoms with Gasteiger partial charge < -0.3 is 9.40 Å². The van der Waals surface area contributed by atoms with Gasteiger partial charge in [0.05, 0.1) is 17.8 Å². The summed E-state index contributed by atoms with van der Waals surface area (Å²) in [5.74, 6) is 1.50. The highest BCUT2D eigenvalue weighted by atomic mass is 127. The van der Waals surface area contributed by atoms with Gasteiger partial charge in [0.15, 0.2) is 3.77 Å². The molecule has 122 valence electrons. The first-order chi connectivity index (χ1) is 11.7. The van der Waals surface area contributed by atoms with E-state index in [-0.39, 0.29) is 5.56 Å². The molecule has 0 bridgehead atoms. The molecule has 6 nitrogen and oxygen atoms in total. The van der Waals surface area contributed by atoms with Crippen molar-refractivity contribution < 1.29 is 4.42 Å². The normalized spacial score (nSPS) is 14.5. The van der Waals surface area contributed by atoms with Crippen LogP contribution in [0.2, 0.25) is 0 Å². The van der Waals surface area contributed by atoms with Gasteiger partial charge >= 0.3 is 0 Å². The Morgan fingerprint density at radius 1 is 1.33 bits per heavy atom. The van der Waals surface area contributed by atoms with Crippen molar-refractivity contribution in [2.45, 2.75) is 19.5 Å². The number of aromatic amines is 1. The van der Waals surface area contributed by atoms with Crippen LogP contribution in [0.25, 0.3) is 11.4 Å². The van der Waals surface area contributed by atoms with Gasteiger partial charge in [-0.05, 0) is 46.9 Å². The van der Waals surface area contributed by atoms with E-state index in [1.165, 1.54) is 0 Å². The Morgan fingerprint density at radius 2 is 2.25 bits per heavy atom. The summed E-state index contributed by atoms with van der Waals surface area (Å²) in [5, 5.41) is 0.